The largest absolute Gasteiger partial charge is 0.633 e. The molecular weight excluding hydrogens is 535 g/mol. The van der Waals surface area contributed by atoms with Crippen molar-refractivity contribution in [3.05, 3.63) is 92.7 Å². The Morgan fingerprint density at radius 2 is 1.75 bits per heavy atom. The summed E-state index contributed by atoms with van der Waals surface area (Å²) in [5.41, 5.74) is -0.396. The average Bonchev–Trinajstić information content (AvgIpc) is 2.84. The van der Waals surface area contributed by atoms with Crippen molar-refractivity contribution in [2.24, 2.45) is 0 Å². The van der Waals surface area contributed by atoms with Crippen molar-refractivity contribution in [3.8, 4) is 0 Å². The normalized spacial score (nSPS) is 16.5. The summed E-state index contributed by atoms with van der Waals surface area (Å²) >= 11 is 12.3. The summed E-state index contributed by atoms with van der Waals surface area (Å²) in [6.07, 6.45) is 1.23. The molecule has 0 radical (unpaired) electrons. The molecule has 0 spiro atoms. The number of morpholine rings is 1. The lowest BCUT2D eigenvalue weighted by Gasteiger charge is -2.45. The predicted molar refractivity (Wildman–Crippen MR) is 134 cm³/mol. The van der Waals surface area contributed by atoms with E-state index in [9.17, 15) is 22.4 Å². The van der Waals surface area contributed by atoms with Crippen LogP contribution in [-0.4, -0.2) is 57.4 Å². The zero-order valence-electron chi connectivity index (χ0n) is 19.0. The number of quaternary nitrogens is 1. The first kappa shape index (κ1) is 26.7. The van der Waals surface area contributed by atoms with Crippen molar-refractivity contribution < 1.29 is 26.6 Å². The minimum absolute atomic E-state index is 0.00556. The SMILES string of the molecule is O=S(=O)(c1ccc(Cl)cc1)C(c1cc(F)ccc1F)c1cc(NCC[N+]2([O-])CCOCC2)ncc1Cl. The zero-order valence-corrected chi connectivity index (χ0v) is 21.3. The van der Waals surface area contributed by atoms with Gasteiger partial charge in [-0.3, -0.25) is 0 Å². The monoisotopic (exact) mass is 557 g/mol. The summed E-state index contributed by atoms with van der Waals surface area (Å²) < 4.78 is 61.4. The molecule has 1 saturated heterocycles. The number of aromatic nitrogens is 1. The Bertz CT molecular complexity index is 1340. The molecule has 1 unspecified atom stereocenters. The molecule has 0 aliphatic carbocycles. The summed E-state index contributed by atoms with van der Waals surface area (Å²) in [5.74, 6) is -1.48. The van der Waals surface area contributed by atoms with E-state index in [0.29, 0.717) is 31.3 Å². The summed E-state index contributed by atoms with van der Waals surface area (Å²) in [6, 6.07) is 9.33. The van der Waals surface area contributed by atoms with E-state index in [-0.39, 0.29) is 34.4 Å². The average molecular weight is 558 g/mol. The second-order valence-corrected chi connectivity index (χ2v) is 11.3. The molecule has 2 heterocycles. The lowest BCUT2D eigenvalue weighted by atomic mass is 10.0. The molecule has 12 heteroatoms. The first-order valence-electron chi connectivity index (χ1n) is 11.1. The molecule has 2 aromatic carbocycles. The smallest absolute Gasteiger partial charge is 0.189 e. The van der Waals surface area contributed by atoms with Crippen LogP contribution in [0.25, 0.3) is 0 Å². The van der Waals surface area contributed by atoms with Crippen LogP contribution >= 0.6 is 23.2 Å². The van der Waals surface area contributed by atoms with Crippen molar-refractivity contribution in [1.82, 2.24) is 4.98 Å². The first-order valence-corrected chi connectivity index (χ1v) is 13.4. The molecule has 0 bridgehead atoms. The van der Waals surface area contributed by atoms with E-state index < -0.39 is 36.9 Å². The van der Waals surface area contributed by atoms with Gasteiger partial charge in [-0.2, -0.15) is 0 Å². The number of nitrogens with one attached hydrogen (secondary N) is 1. The van der Waals surface area contributed by atoms with Gasteiger partial charge in [0.2, 0.25) is 0 Å². The Morgan fingerprint density at radius 3 is 2.44 bits per heavy atom. The van der Waals surface area contributed by atoms with Gasteiger partial charge >= 0.3 is 0 Å². The molecule has 7 nitrogen and oxygen atoms in total. The summed E-state index contributed by atoms with van der Waals surface area (Å²) in [6.45, 7) is 1.93. The van der Waals surface area contributed by atoms with E-state index in [2.05, 4.69) is 10.3 Å². The molecule has 4 rings (SSSR count). The highest BCUT2D eigenvalue weighted by Gasteiger charge is 2.35. The molecule has 1 aliphatic heterocycles. The Hall–Kier alpha value is -2.34. The number of anilines is 1. The Balaban J connectivity index is 1.72. The van der Waals surface area contributed by atoms with Crippen LogP contribution in [0.3, 0.4) is 0 Å². The van der Waals surface area contributed by atoms with Crippen LogP contribution in [-0.2, 0) is 14.6 Å². The minimum Gasteiger partial charge on any atom is -0.633 e. The highest BCUT2D eigenvalue weighted by atomic mass is 35.5. The fourth-order valence-corrected chi connectivity index (χ4v) is 6.25. The lowest BCUT2D eigenvalue weighted by Crippen LogP contribution is -2.52. The predicted octanol–water partition coefficient (Wildman–Crippen LogP) is 4.99. The van der Waals surface area contributed by atoms with Gasteiger partial charge in [0.05, 0.1) is 36.2 Å². The fourth-order valence-electron chi connectivity index (χ4n) is 4.02. The van der Waals surface area contributed by atoms with Gasteiger partial charge in [-0.1, -0.05) is 23.2 Å². The Kier molecular flexibility index (Phi) is 8.13. The van der Waals surface area contributed by atoms with Gasteiger partial charge in [-0.05, 0) is 54.1 Å². The Labute approximate surface area is 217 Å². The maximum Gasteiger partial charge on any atom is 0.189 e. The maximum atomic E-state index is 14.9. The van der Waals surface area contributed by atoms with Crippen molar-refractivity contribution >= 4 is 38.9 Å². The molecular formula is C24H23Cl2F2N3O4S. The van der Waals surface area contributed by atoms with Gasteiger partial charge in [0.1, 0.15) is 35.8 Å². The number of pyridine rings is 1. The molecule has 1 fully saturated rings. The van der Waals surface area contributed by atoms with E-state index in [1.165, 1.54) is 36.5 Å². The number of benzene rings is 2. The number of hydrogen-bond donors (Lipinski definition) is 1. The molecule has 0 saturated carbocycles. The Morgan fingerprint density at radius 1 is 1.06 bits per heavy atom. The molecule has 1 N–H and O–H groups in total. The van der Waals surface area contributed by atoms with Gasteiger partial charge in [-0.15, -0.1) is 0 Å². The number of hydroxylamine groups is 3. The molecule has 36 heavy (non-hydrogen) atoms. The summed E-state index contributed by atoms with van der Waals surface area (Å²) in [4.78, 5) is 4.02. The number of nitrogens with zero attached hydrogens (tertiary/aromatic N) is 2. The van der Waals surface area contributed by atoms with E-state index in [0.717, 1.165) is 18.2 Å². The van der Waals surface area contributed by atoms with Crippen LogP contribution in [0, 0.1) is 16.8 Å². The van der Waals surface area contributed by atoms with E-state index in [1.54, 1.807) is 0 Å². The summed E-state index contributed by atoms with van der Waals surface area (Å²) in [5, 5.41) is 14.3. The van der Waals surface area contributed by atoms with Gasteiger partial charge < -0.3 is 19.9 Å². The van der Waals surface area contributed by atoms with E-state index in [1.807, 2.05) is 0 Å². The van der Waals surface area contributed by atoms with E-state index in [4.69, 9.17) is 27.9 Å². The van der Waals surface area contributed by atoms with Gasteiger partial charge in [0.25, 0.3) is 0 Å². The standard InChI is InChI=1S/C24H23Cl2F2N3O4S/c25-16-1-4-18(5-2-16)36(33,34)24(20-13-17(27)3-6-22(20)28)19-14-23(30-15-21(19)26)29-7-8-31(32)9-11-35-12-10-31/h1-6,13-15,24H,7-12H2,(H,29,30). The molecule has 0 amide bonds. The molecule has 1 aliphatic rings. The maximum absolute atomic E-state index is 14.9. The van der Waals surface area contributed by atoms with Crippen LogP contribution < -0.4 is 5.32 Å². The lowest BCUT2D eigenvalue weighted by molar-refractivity contribution is -0.886. The third-order valence-corrected chi connectivity index (χ3v) is 8.60. The zero-order chi connectivity index (χ0) is 25.9. The van der Waals surface area contributed by atoms with Crippen LogP contribution in [0.2, 0.25) is 10.0 Å². The number of hydrogen-bond acceptors (Lipinski definition) is 6. The van der Waals surface area contributed by atoms with Gasteiger partial charge in [0.15, 0.2) is 9.84 Å². The van der Waals surface area contributed by atoms with E-state index >= 15 is 0 Å². The van der Waals surface area contributed by atoms with Crippen molar-refractivity contribution in [3.63, 3.8) is 0 Å². The van der Waals surface area contributed by atoms with Gasteiger partial charge in [0, 0.05) is 16.8 Å². The van der Waals surface area contributed by atoms with Crippen LogP contribution in [0.1, 0.15) is 16.4 Å². The second kappa shape index (κ2) is 11.0. The molecule has 3 aromatic rings. The molecule has 1 atom stereocenters. The van der Waals surface area contributed by atoms with Crippen molar-refractivity contribution in [1.29, 1.82) is 0 Å². The number of sulfone groups is 1. The highest BCUT2D eigenvalue weighted by Crippen LogP contribution is 2.40. The number of ether oxygens (including phenoxy) is 1. The van der Waals surface area contributed by atoms with Gasteiger partial charge in [-0.25, -0.2) is 22.2 Å². The van der Waals surface area contributed by atoms with Crippen LogP contribution in [0.4, 0.5) is 14.6 Å². The van der Waals surface area contributed by atoms with Crippen LogP contribution in [0.15, 0.2) is 59.6 Å². The van der Waals surface area contributed by atoms with Crippen molar-refractivity contribution in [2.45, 2.75) is 10.1 Å². The quantitative estimate of drug-likeness (QED) is 0.310. The third-order valence-electron chi connectivity index (χ3n) is 5.97. The third kappa shape index (κ3) is 5.96. The molecule has 1 aromatic heterocycles. The minimum atomic E-state index is -4.32. The summed E-state index contributed by atoms with van der Waals surface area (Å²) in [7, 11) is -4.32. The van der Waals surface area contributed by atoms with Crippen molar-refractivity contribution in [2.75, 3.05) is 44.7 Å². The topological polar surface area (TPSA) is 91.4 Å². The first-order chi connectivity index (χ1) is 17.1. The molecule has 192 valence electrons. The second-order valence-electron chi connectivity index (χ2n) is 8.40. The van der Waals surface area contributed by atoms with Crippen LogP contribution in [0.5, 0.6) is 0 Å². The number of rotatable bonds is 8. The fraction of sp³-hybridized carbons (Fsp3) is 0.292. The number of halogens is 4. The highest BCUT2D eigenvalue weighted by molar-refractivity contribution is 7.92.